The van der Waals surface area contributed by atoms with Gasteiger partial charge in [0, 0.05) is 39.0 Å². The maximum atomic E-state index is 7.36. The molecule has 0 spiro atoms. The van der Waals surface area contributed by atoms with Crippen molar-refractivity contribution in [3.05, 3.63) is 18.2 Å². The number of aromatic nitrogens is 4. The van der Waals surface area contributed by atoms with Crippen molar-refractivity contribution in [2.75, 3.05) is 31.7 Å². The third-order valence-electron chi connectivity index (χ3n) is 2.99. The van der Waals surface area contributed by atoms with Gasteiger partial charge in [0.05, 0.1) is 12.4 Å². The normalized spacial score (nSPS) is 10.9. The van der Waals surface area contributed by atoms with Crippen LogP contribution in [0, 0.1) is 12.3 Å². The van der Waals surface area contributed by atoms with Gasteiger partial charge in [0.15, 0.2) is 5.82 Å². The second-order valence-corrected chi connectivity index (χ2v) is 4.45. The number of anilines is 1. The number of amidine groups is 1. The van der Waals surface area contributed by atoms with E-state index in [9.17, 15) is 0 Å². The molecule has 0 atom stereocenters. The van der Waals surface area contributed by atoms with Crippen molar-refractivity contribution in [1.29, 1.82) is 5.41 Å². The van der Waals surface area contributed by atoms with E-state index in [2.05, 4.69) is 15.2 Å². The van der Waals surface area contributed by atoms with E-state index in [0.29, 0.717) is 31.8 Å². The highest BCUT2D eigenvalue weighted by atomic mass is 16.5. The van der Waals surface area contributed by atoms with Gasteiger partial charge in [-0.1, -0.05) is 0 Å². The molecule has 2 aromatic rings. The first kappa shape index (κ1) is 14.2. The molecule has 2 heterocycles. The number of nitrogens with zero attached hydrogens (tertiary/aromatic N) is 5. The van der Waals surface area contributed by atoms with Crippen molar-refractivity contribution in [2.24, 2.45) is 5.73 Å². The van der Waals surface area contributed by atoms with Crippen molar-refractivity contribution < 1.29 is 4.74 Å². The maximum Gasteiger partial charge on any atom is 0.203 e. The summed E-state index contributed by atoms with van der Waals surface area (Å²) in [5, 5.41) is 15.6. The van der Waals surface area contributed by atoms with Crippen LogP contribution in [0.25, 0.3) is 5.65 Å². The van der Waals surface area contributed by atoms with Crippen molar-refractivity contribution in [2.45, 2.75) is 13.3 Å². The molecule has 2 aromatic heterocycles. The first-order valence-electron chi connectivity index (χ1n) is 6.36. The molecule has 20 heavy (non-hydrogen) atoms. The predicted molar refractivity (Wildman–Crippen MR) is 76.1 cm³/mol. The van der Waals surface area contributed by atoms with E-state index in [0.717, 1.165) is 11.6 Å². The van der Waals surface area contributed by atoms with Gasteiger partial charge in [-0.05, 0) is 6.92 Å². The fraction of sp³-hybridized carbons (Fsp3) is 0.500. The molecule has 0 unspecified atom stereocenters. The molecule has 0 saturated carbocycles. The summed E-state index contributed by atoms with van der Waals surface area (Å²) in [6.07, 6.45) is 4.01. The van der Waals surface area contributed by atoms with E-state index in [1.807, 2.05) is 22.4 Å². The number of ether oxygens (including phenoxy) is 1. The summed E-state index contributed by atoms with van der Waals surface area (Å²) < 4.78 is 7.01. The van der Waals surface area contributed by atoms with E-state index in [1.54, 1.807) is 13.3 Å². The topological polar surface area (TPSA) is 105 Å². The van der Waals surface area contributed by atoms with E-state index < -0.39 is 0 Å². The summed E-state index contributed by atoms with van der Waals surface area (Å²) >= 11 is 0. The molecular weight excluding hydrogens is 258 g/mol. The molecule has 108 valence electrons. The van der Waals surface area contributed by atoms with Crippen LogP contribution in [0.2, 0.25) is 0 Å². The molecule has 0 aromatic carbocycles. The summed E-state index contributed by atoms with van der Waals surface area (Å²) in [6, 6.07) is 0. The quantitative estimate of drug-likeness (QED) is 0.553. The van der Waals surface area contributed by atoms with E-state index >= 15 is 0 Å². The van der Waals surface area contributed by atoms with Gasteiger partial charge >= 0.3 is 0 Å². The third kappa shape index (κ3) is 3.02. The average molecular weight is 277 g/mol. The lowest BCUT2D eigenvalue weighted by atomic mass is 10.3. The van der Waals surface area contributed by atoms with Gasteiger partial charge in [0.2, 0.25) is 5.65 Å². The molecule has 0 bridgehead atoms. The van der Waals surface area contributed by atoms with E-state index in [4.69, 9.17) is 15.9 Å². The van der Waals surface area contributed by atoms with Gasteiger partial charge in [-0.25, -0.2) is 4.98 Å². The van der Waals surface area contributed by atoms with Crippen molar-refractivity contribution in [3.63, 3.8) is 0 Å². The number of hydrogen-bond donors (Lipinski definition) is 2. The number of rotatable bonds is 7. The second-order valence-electron chi connectivity index (χ2n) is 4.45. The van der Waals surface area contributed by atoms with Gasteiger partial charge in [-0.2, -0.15) is 0 Å². The summed E-state index contributed by atoms with van der Waals surface area (Å²) in [7, 11) is 1.65. The van der Waals surface area contributed by atoms with Gasteiger partial charge in [-0.15, -0.1) is 10.2 Å². The van der Waals surface area contributed by atoms with Crippen LogP contribution in [0.4, 0.5) is 5.82 Å². The van der Waals surface area contributed by atoms with Gasteiger partial charge in [-0.3, -0.25) is 9.81 Å². The third-order valence-corrected chi connectivity index (χ3v) is 2.99. The Labute approximate surface area is 117 Å². The van der Waals surface area contributed by atoms with E-state index in [-0.39, 0.29) is 5.84 Å². The lowest BCUT2D eigenvalue weighted by molar-refractivity contribution is 0.205. The largest absolute Gasteiger partial charge is 0.388 e. The van der Waals surface area contributed by atoms with Gasteiger partial charge in [0.25, 0.3) is 0 Å². The Morgan fingerprint density at radius 1 is 1.45 bits per heavy atom. The molecule has 0 radical (unpaired) electrons. The molecule has 0 aliphatic rings. The Bertz CT molecular complexity index is 595. The second kappa shape index (κ2) is 6.29. The van der Waals surface area contributed by atoms with Crippen LogP contribution >= 0.6 is 0 Å². The Morgan fingerprint density at radius 2 is 2.25 bits per heavy atom. The maximum absolute atomic E-state index is 7.36. The number of aryl methyl sites for hydroxylation is 1. The lowest BCUT2D eigenvalue weighted by Crippen LogP contribution is -2.32. The summed E-state index contributed by atoms with van der Waals surface area (Å²) in [6.45, 7) is 3.70. The fourth-order valence-electron chi connectivity index (χ4n) is 1.93. The van der Waals surface area contributed by atoms with Crippen molar-refractivity contribution >= 4 is 17.3 Å². The highest BCUT2D eigenvalue weighted by Gasteiger charge is 2.15. The Hall–Kier alpha value is -2.22. The minimum absolute atomic E-state index is 0.150. The van der Waals surface area contributed by atoms with Crippen LogP contribution in [-0.4, -0.2) is 52.2 Å². The zero-order chi connectivity index (χ0) is 14.5. The molecule has 8 nitrogen and oxygen atoms in total. The van der Waals surface area contributed by atoms with Gasteiger partial charge < -0.3 is 15.4 Å². The molecule has 2 rings (SSSR count). The predicted octanol–water partition coefficient (Wildman–Crippen LogP) is 0.212. The first-order valence-corrected chi connectivity index (χ1v) is 6.36. The number of hydrogen-bond acceptors (Lipinski definition) is 6. The van der Waals surface area contributed by atoms with Crippen LogP contribution in [-0.2, 0) is 4.74 Å². The Balaban J connectivity index is 2.31. The summed E-state index contributed by atoms with van der Waals surface area (Å²) in [5.74, 6) is 1.69. The van der Waals surface area contributed by atoms with Gasteiger partial charge in [0.1, 0.15) is 5.82 Å². The molecular formula is C12H19N7O. The molecule has 0 aliphatic heterocycles. The molecule has 0 saturated heterocycles. The van der Waals surface area contributed by atoms with Crippen molar-refractivity contribution in [3.8, 4) is 0 Å². The smallest absolute Gasteiger partial charge is 0.203 e. The highest BCUT2D eigenvalue weighted by Crippen LogP contribution is 2.17. The number of fused-ring (bicyclic) bond motifs is 1. The monoisotopic (exact) mass is 277 g/mol. The number of nitrogens with one attached hydrogen (secondary N) is 1. The average Bonchev–Trinajstić information content (AvgIpc) is 2.81. The van der Waals surface area contributed by atoms with Crippen LogP contribution in [0.1, 0.15) is 12.2 Å². The zero-order valence-electron chi connectivity index (χ0n) is 11.7. The molecule has 0 aliphatic carbocycles. The minimum atomic E-state index is 0.150. The molecule has 0 fully saturated rings. The SMILES string of the molecule is COCCN(CCC(=N)N)c1nccn2c(C)nnc12. The number of methoxy groups -OCH3 is 1. The lowest BCUT2D eigenvalue weighted by Gasteiger charge is -2.23. The Kier molecular flexibility index (Phi) is 4.46. The van der Waals surface area contributed by atoms with Crippen LogP contribution in [0.5, 0.6) is 0 Å². The Morgan fingerprint density at radius 3 is 2.95 bits per heavy atom. The van der Waals surface area contributed by atoms with Crippen LogP contribution in [0.15, 0.2) is 12.4 Å². The van der Waals surface area contributed by atoms with Crippen LogP contribution < -0.4 is 10.6 Å². The van der Waals surface area contributed by atoms with Crippen molar-refractivity contribution in [1.82, 2.24) is 19.6 Å². The minimum Gasteiger partial charge on any atom is -0.388 e. The van der Waals surface area contributed by atoms with E-state index in [1.165, 1.54) is 0 Å². The molecule has 0 amide bonds. The molecule has 8 heteroatoms. The standard InChI is InChI=1S/C12H19N7O/c1-9-16-17-12-11(15-4-6-19(9)12)18(7-8-20-2)5-3-10(13)14/h4,6H,3,5,7-8H2,1-2H3,(H3,13,14). The zero-order valence-corrected chi connectivity index (χ0v) is 11.7. The number of nitrogens with two attached hydrogens (primary N) is 1. The summed E-state index contributed by atoms with van der Waals surface area (Å²) in [4.78, 5) is 6.40. The van der Waals surface area contributed by atoms with Crippen LogP contribution in [0.3, 0.4) is 0 Å². The molecule has 3 N–H and O–H groups in total. The summed E-state index contributed by atoms with van der Waals surface area (Å²) in [5.41, 5.74) is 6.13. The fourth-order valence-corrected chi connectivity index (χ4v) is 1.93. The first-order chi connectivity index (χ1) is 9.63. The highest BCUT2D eigenvalue weighted by molar-refractivity contribution is 5.77.